The van der Waals surface area contributed by atoms with Crippen molar-refractivity contribution >= 4 is 21.8 Å². The molecular weight excluding hydrogens is 463 g/mol. The van der Waals surface area contributed by atoms with Gasteiger partial charge in [-0.25, -0.2) is 18.1 Å². The number of alkyl halides is 3. The normalized spacial score (nSPS) is 21.4. The number of nitrogens with zero attached hydrogens (tertiary/aromatic N) is 3. The Kier molecular flexibility index (Phi) is 6.41. The molecule has 0 unspecified atom stereocenters. The number of benzene rings is 1. The molecule has 0 bridgehead atoms. The van der Waals surface area contributed by atoms with Gasteiger partial charge in [0.15, 0.2) is 16.0 Å². The van der Waals surface area contributed by atoms with Crippen LogP contribution in [0.4, 0.5) is 18.0 Å². The Morgan fingerprint density at radius 1 is 1.18 bits per heavy atom. The number of hydrogen-bond acceptors (Lipinski definition) is 6. The highest BCUT2D eigenvalue weighted by Crippen LogP contribution is 2.38. The highest BCUT2D eigenvalue weighted by molar-refractivity contribution is 7.92. The summed E-state index contributed by atoms with van der Waals surface area (Å²) >= 11 is 0. The molecule has 0 aromatic heterocycles. The number of hydrogen-bond donors (Lipinski definition) is 0. The molecule has 180 valence electrons. The van der Waals surface area contributed by atoms with Crippen molar-refractivity contribution in [1.82, 2.24) is 9.80 Å². The van der Waals surface area contributed by atoms with Crippen LogP contribution in [0, 0.1) is 11.5 Å². The minimum Gasteiger partial charge on any atom is -0.444 e. The summed E-state index contributed by atoms with van der Waals surface area (Å²) in [5.41, 5.74) is -2.28. The van der Waals surface area contributed by atoms with Gasteiger partial charge < -0.3 is 4.74 Å². The molecule has 33 heavy (non-hydrogen) atoms. The predicted octanol–water partition coefficient (Wildman–Crippen LogP) is 3.33. The minimum absolute atomic E-state index is 0.329. The van der Waals surface area contributed by atoms with Crippen LogP contribution in [0.25, 0.3) is 0 Å². The molecule has 1 aromatic rings. The van der Waals surface area contributed by atoms with Gasteiger partial charge in [-0.15, -0.1) is 0 Å². The number of carbonyl (C=O) groups is 2. The molecule has 1 aliphatic heterocycles. The first-order valence-electron chi connectivity index (χ1n) is 10.3. The summed E-state index contributed by atoms with van der Waals surface area (Å²) in [6, 6.07) is 2.10. The van der Waals surface area contributed by atoms with Crippen molar-refractivity contribution in [2.24, 2.45) is 0 Å². The van der Waals surface area contributed by atoms with Gasteiger partial charge in [0.2, 0.25) is 0 Å². The number of rotatable bonds is 4. The van der Waals surface area contributed by atoms with Crippen molar-refractivity contribution < 1.29 is 35.9 Å². The van der Waals surface area contributed by atoms with Crippen LogP contribution in [0.5, 0.6) is 0 Å². The third-order valence-electron chi connectivity index (χ3n) is 5.37. The van der Waals surface area contributed by atoms with Gasteiger partial charge in [-0.3, -0.25) is 9.69 Å². The Bertz CT molecular complexity index is 1090. The van der Waals surface area contributed by atoms with E-state index in [4.69, 9.17) is 4.74 Å². The molecule has 1 saturated heterocycles. The first-order valence-corrected chi connectivity index (χ1v) is 11.8. The molecule has 1 saturated carbocycles. The van der Waals surface area contributed by atoms with Gasteiger partial charge in [-0.2, -0.15) is 18.4 Å². The van der Waals surface area contributed by atoms with Gasteiger partial charge in [0.1, 0.15) is 11.6 Å². The zero-order valence-corrected chi connectivity index (χ0v) is 19.1. The van der Waals surface area contributed by atoms with E-state index in [1.54, 1.807) is 27.0 Å². The molecule has 1 aliphatic carbocycles. The molecule has 2 amide bonds. The van der Waals surface area contributed by atoms with Crippen LogP contribution in [0.3, 0.4) is 0 Å². The standard InChI is InChI=1S/C21H24F3N3O5S/c1-20(2,3)32-19(29)26-11-14(10-16(26)18(28)27(12-25)13-8-9-13)33(30,31)17-7-5-4-6-15(17)21(22,23)24/h4-7,13-14,16H,8-11H2,1-3H3/t14-,16-/m0/s1. The summed E-state index contributed by atoms with van der Waals surface area (Å²) in [6.45, 7) is 4.20. The zero-order chi connectivity index (χ0) is 24.8. The fraction of sp³-hybridized carbons (Fsp3) is 0.571. The summed E-state index contributed by atoms with van der Waals surface area (Å²) < 4.78 is 72.2. The van der Waals surface area contributed by atoms with E-state index in [0.29, 0.717) is 18.9 Å². The van der Waals surface area contributed by atoms with Crippen molar-refractivity contribution in [3.63, 3.8) is 0 Å². The highest BCUT2D eigenvalue weighted by atomic mass is 32.2. The molecule has 12 heteroatoms. The second-order valence-corrected chi connectivity index (χ2v) is 11.3. The first kappa shape index (κ1) is 24.8. The lowest BCUT2D eigenvalue weighted by Crippen LogP contribution is -2.48. The van der Waals surface area contributed by atoms with Crippen molar-refractivity contribution in [1.29, 1.82) is 5.26 Å². The van der Waals surface area contributed by atoms with Crippen molar-refractivity contribution in [3.8, 4) is 6.19 Å². The summed E-state index contributed by atoms with van der Waals surface area (Å²) in [5.74, 6) is -0.771. The van der Waals surface area contributed by atoms with Gasteiger partial charge in [0.25, 0.3) is 5.91 Å². The van der Waals surface area contributed by atoms with Crippen LogP contribution in [-0.4, -0.2) is 59.7 Å². The summed E-state index contributed by atoms with van der Waals surface area (Å²) in [6.07, 6.45) is -3.37. The SMILES string of the molecule is CC(C)(C)OC(=O)N1C[C@@H](S(=O)(=O)c2ccccc2C(F)(F)F)C[C@H]1C(=O)N(C#N)C1CC1. The number of likely N-dealkylation sites (tertiary alicyclic amines) is 1. The molecule has 0 spiro atoms. The Labute approximate surface area is 189 Å². The molecule has 2 fully saturated rings. The average Bonchev–Trinajstić information content (AvgIpc) is 3.42. The van der Waals surface area contributed by atoms with Crippen LogP contribution in [0.1, 0.15) is 45.6 Å². The predicted molar refractivity (Wildman–Crippen MR) is 109 cm³/mol. The van der Waals surface area contributed by atoms with E-state index >= 15 is 0 Å². The number of halogens is 3. The smallest absolute Gasteiger partial charge is 0.417 e. The van der Waals surface area contributed by atoms with Crippen molar-refractivity contribution in [2.75, 3.05) is 6.54 Å². The van der Waals surface area contributed by atoms with Crippen LogP contribution in [-0.2, 0) is 25.5 Å². The topological polar surface area (TPSA) is 108 Å². The van der Waals surface area contributed by atoms with E-state index < -0.39 is 68.3 Å². The molecule has 0 radical (unpaired) electrons. The van der Waals surface area contributed by atoms with Gasteiger partial charge in [0.05, 0.1) is 15.7 Å². The lowest BCUT2D eigenvalue weighted by molar-refractivity contribution is -0.140. The summed E-state index contributed by atoms with van der Waals surface area (Å²) in [5, 5.41) is 7.90. The average molecular weight is 488 g/mol. The molecule has 1 heterocycles. The maximum atomic E-state index is 13.5. The molecule has 0 N–H and O–H groups in total. The van der Waals surface area contributed by atoms with Crippen LogP contribution < -0.4 is 0 Å². The van der Waals surface area contributed by atoms with Crippen LogP contribution in [0.2, 0.25) is 0 Å². The van der Waals surface area contributed by atoms with Gasteiger partial charge in [-0.05, 0) is 52.2 Å². The van der Waals surface area contributed by atoms with E-state index in [9.17, 15) is 36.4 Å². The third-order valence-corrected chi connectivity index (χ3v) is 7.56. The fourth-order valence-electron chi connectivity index (χ4n) is 3.71. The third kappa shape index (κ3) is 5.24. The van der Waals surface area contributed by atoms with Crippen molar-refractivity contribution in [2.45, 2.75) is 74.0 Å². The van der Waals surface area contributed by atoms with Crippen molar-refractivity contribution in [3.05, 3.63) is 29.8 Å². The Morgan fingerprint density at radius 3 is 2.30 bits per heavy atom. The largest absolute Gasteiger partial charge is 0.444 e. The zero-order valence-electron chi connectivity index (χ0n) is 18.3. The Morgan fingerprint density at radius 2 is 1.79 bits per heavy atom. The van der Waals surface area contributed by atoms with E-state index in [2.05, 4.69) is 0 Å². The maximum absolute atomic E-state index is 13.5. The number of ether oxygens (including phenoxy) is 1. The molecule has 8 nitrogen and oxygen atoms in total. The number of amides is 2. The van der Waals surface area contributed by atoms with Crippen LogP contribution >= 0.6 is 0 Å². The maximum Gasteiger partial charge on any atom is 0.417 e. The monoisotopic (exact) mass is 487 g/mol. The minimum atomic E-state index is -4.91. The lowest BCUT2D eigenvalue weighted by atomic mass is 10.2. The Balaban J connectivity index is 1.98. The summed E-state index contributed by atoms with van der Waals surface area (Å²) in [7, 11) is -4.59. The second kappa shape index (κ2) is 8.52. The molecule has 2 aliphatic rings. The van der Waals surface area contributed by atoms with E-state index in [0.717, 1.165) is 21.9 Å². The number of nitriles is 1. The molecular formula is C21H24F3N3O5S. The van der Waals surface area contributed by atoms with Gasteiger partial charge in [0, 0.05) is 12.6 Å². The van der Waals surface area contributed by atoms with Crippen LogP contribution in [0.15, 0.2) is 29.2 Å². The van der Waals surface area contributed by atoms with E-state index in [1.807, 2.05) is 0 Å². The quantitative estimate of drug-likeness (QED) is 0.476. The number of sulfone groups is 1. The second-order valence-electron chi connectivity index (χ2n) is 9.08. The molecule has 3 rings (SSSR count). The highest BCUT2D eigenvalue weighted by Gasteiger charge is 2.50. The fourth-order valence-corrected chi connectivity index (χ4v) is 5.62. The van der Waals surface area contributed by atoms with Gasteiger partial charge >= 0.3 is 12.3 Å². The molecule has 1 aromatic carbocycles. The summed E-state index contributed by atoms with van der Waals surface area (Å²) in [4.78, 5) is 26.7. The lowest BCUT2D eigenvalue weighted by Gasteiger charge is -2.29. The van der Waals surface area contributed by atoms with Gasteiger partial charge in [-0.1, -0.05) is 12.1 Å². The van der Waals surface area contributed by atoms with E-state index in [-0.39, 0.29) is 6.04 Å². The van der Waals surface area contributed by atoms with E-state index in [1.165, 1.54) is 6.07 Å². The first-order chi connectivity index (χ1) is 15.2. The Hall–Kier alpha value is -2.81. The number of carbonyl (C=O) groups excluding carboxylic acids is 2. The molecule has 2 atom stereocenters.